The van der Waals surface area contributed by atoms with Crippen LogP contribution in [0, 0.1) is 0 Å². The Kier molecular flexibility index (Phi) is 3.46. The van der Waals surface area contributed by atoms with E-state index in [-0.39, 0.29) is 18.1 Å². The predicted molar refractivity (Wildman–Crippen MR) is 62.4 cm³/mol. The van der Waals surface area contributed by atoms with E-state index >= 15 is 0 Å². The van der Waals surface area contributed by atoms with Gasteiger partial charge in [0.25, 0.3) is 0 Å². The number of methoxy groups -OCH3 is 1. The van der Waals surface area contributed by atoms with Gasteiger partial charge in [-0.1, -0.05) is 29.8 Å². The van der Waals surface area contributed by atoms with Crippen molar-refractivity contribution >= 4 is 17.6 Å². The molecule has 3 nitrogen and oxygen atoms in total. The van der Waals surface area contributed by atoms with Gasteiger partial charge in [-0.05, 0) is 24.5 Å². The highest BCUT2D eigenvalue weighted by atomic mass is 35.5. The van der Waals surface area contributed by atoms with Gasteiger partial charge in [-0.2, -0.15) is 0 Å². The fourth-order valence-corrected chi connectivity index (χ4v) is 2.34. The lowest BCUT2D eigenvalue weighted by atomic mass is 10.1. The maximum atomic E-state index is 11.4. The summed E-state index contributed by atoms with van der Waals surface area (Å²) in [5.41, 5.74) is 1.05. The van der Waals surface area contributed by atoms with Crippen molar-refractivity contribution in [2.75, 3.05) is 7.11 Å². The van der Waals surface area contributed by atoms with Crippen molar-refractivity contribution in [3.8, 4) is 0 Å². The smallest absolute Gasteiger partial charge is 0.322 e. The van der Waals surface area contributed by atoms with Gasteiger partial charge in [-0.15, -0.1) is 0 Å². The molecule has 2 atom stereocenters. The molecule has 1 aromatic rings. The van der Waals surface area contributed by atoms with Crippen LogP contribution in [-0.2, 0) is 9.53 Å². The standard InChI is InChI=1S/C12H14ClNO2/c1-16-12(15)11-7-6-10(14-11)8-4-2-3-5-9(8)13/h2-5,10-11,14H,6-7H2,1H3/t10-,11-/m0/s1. The molecular weight excluding hydrogens is 226 g/mol. The number of halogens is 1. The van der Waals surface area contributed by atoms with Crippen LogP contribution in [0.15, 0.2) is 24.3 Å². The first-order valence-electron chi connectivity index (χ1n) is 5.30. The van der Waals surface area contributed by atoms with Crippen LogP contribution >= 0.6 is 11.6 Å². The zero-order valence-electron chi connectivity index (χ0n) is 9.07. The van der Waals surface area contributed by atoms with Crippen molar-refractivity contribution in [2.24, 2.45) is 0 Å². The van der Waals surface area contributed by atoms with Crippen LogP contribution < -0.4 is 5.32 Å². The lowest BCUT2D eigenvalue weighted by Gasteiger charge is -2.14. The highest BCUT2D eigenvalue weighted by Crippen LogP contribution is 2.31. The third kappa shape index (κ3) is 2.20. The summed E-state index contributed by atoms with van der Waals surface area (Å²) in [5.74, 6) is -0.199. The topological polar surface area (TPSA) is 38.3 Å². The Morgan fingerprint density at radius 1 is 1.44 bits per heavy atom. The Morgan fingerprint density at radius 2 is 2.19 bits per heavy atom. The molecule has 1 N–H and O–H groups in total. The molecule has 1 saturated heterocycles. The fourth-order valence-electron chi connectivity index (χ4n) is 2.07. The molecule has 0 saturated carbocycles. The third-order valence-corrected chi connectivity index (χ3v) is 3.26. The Balaban J connectivity index is 2.09. The summed E-state index contributed by atoms with van der Waals surface area (Å²) in [7, 11) is 1.41. The second-order valence-electron chi connectivity index (χ2n) is 3.89. The molecule has 1 aromatic carbocycles. The molecule has 1 aliphatic rings. The molecule has 0 spiro atoms. The highest BCUT2D eigenvalue weighted by Gasteiger charge is 2.31. The second kappa shape index (κ2) is 4.85. The van der Waals surface area contributed by atoms with Crippen LogP contribution in [0.25, 0.3) is 0 Å². The minimum atomic E-state index is -0.203. The lowest BCUT2D eigenvalue weighted by molar-refractivity contribution is -0.142. The van der Waals surface area contributed by atoms with E-state index in [0.29, 0.717) is 0 Å². The van der Waals surface area contributed by atoms with Gasteiger partial charge < -0.3 is 4.74 Å². The van der Waals surface area contributed by atoms with Gasteiger partial charge >= 0.3 is 5.97 Å². The quantitative estimate of drug-likeness (QED) is 0.805. The van der Waals surface area contributed by atoms with Crippen LogP contribution in [0.1, 0.15) is 24.4 Å². The molecule has 1 aliphatic heterocycles. The predicted octanol–water partition coefficient (Wildman–Crippen LogP) is 2.31. The van der Waals surface area contributed by atoms with E-state index in [0.717, 1.165) is 23.4 Å². The first kappa shape index (κ1) is 11.4. The maximum Gasteiger partial charge on any atom is 0.322 e. The van der Waals surface area contributed by atoms with E-state index in [2.05, 4.69) is 5.32 Å². The average molecular weight is 240 g/mol. The number of ether oxygens (including phenoxy) is 1. The molecule has 0 aromatic heterocycles. The van der Waals surface area contributed by atoms with E-state index < -0.39 is 0 Å². The van der Waals surface area contributed by atoms with Gasteiger partial charge in [0.1, 0.15) is 6.04 Å². The van der Waals surface area contributed by atoms with Crippen LogP contribution in [0.4, 0.5) is 0 Å². The SMILES string of the molecule is COC(=O)[C@@H]1CC[C@@H](c2ccccc2Cl)N1. The first-order valence-corrected chi connectivity index (χ1v) is 5.68. The summed E-state index contributed by atoms with van der Waals surface area (Å²) >= 11 is 6.11. The second-order valence-corrected chi connectivity index (χ2v) is 4.30. The molecule has 1 heterocycles. The molecule has 0 unspecified atom stereocenters. The van der Waals surface area contributed by atoms with Crippen molar-refractivity contribution < 1.29 is 9.53 Å². The molecule has 86 valence electrons. The van der Waals surface area contributed by atoms with Gasteiger partial charge in [-0.25, -0.2) is 0 Å². The molecule has 0 bridgehead atoms. The summed E-state index contributed by atoms with van der Waals surface area (Å²) in [6, 6.07) is 7.65. The number of esters is 1. The van der Waals surface area contributed by atoms with E-state index in [9.17, 15) is 4.79 Å². The Morgan fingerprint density at radius 3 is 2.88 bits per heavy atom. The molecule has 0 radical (unpaired) electrons. The van der Waals surface area contributed by atoms with Gasteiger partial charge in [0, 0.05) is 11.1 Å². The van der Waals surface area contributed by atoms with Gasteiger partial charge in [-0.3, -0.25) is 10.1 Å². The summed E-state index contributed by atoms with van der Waals surface area (Å²) in [6.07, 6.45) is 1.70. The van der Waals surface area contributed by atoms with Gasteiger partial charge in [0.15, 0.2) is 0 Å². The monoisotopic (exact) mass is 239 g/mol. The van der Waals surface area contributed by atoms with Crippen LogP contribution in [0.2, 0.25) is 5.02 Å². The van der Waals surface area contributed by atoms with Crippen LogP contribution in [0.5, 0.6) is 0 Å². The minimum absolute atomic E-state index is 0.151. The molecular formula is C12H14ClNO2. The molecule has 2 rings (SSSR count). The van der Waals surface area contributed by atoms with Crippen LogP contribution in [0.3, 0.4) is 0 Å². The average Bonchev–Trinajstić information content (AvgIpc) is 2.78. The molecule has 4 heteroatoms. The summed E-state index contributed by atoms with van der Waals surface area (Å²) < 4.78 is 4.71. The Hall–Kier alpha value is -1.06. The third-order valence-electron chi connectivity index (χ3n) is 2.91. The lowest BCUT2D eigenvalue weighted by Crippen LogP contribution is -2.33. The van der Waals surface area contributed by atoms with Crippen molar-refractivity contribution in [2.45, 2.75) is 24.9 Å². The van der Waals surface area contributed by atoms with Crippen molar-refractivity contribution in [1.82, 2.24) is 5.32 Å². The zero-order chi connectivity index (χ0) is 11.5. The molecule has 0 aliphatic carbocycles. The molecule has 16 heavy (non-hydrogen) atoms. The number of rotatable bonds is 2. The Bertz CT molecular complexity index is 394. The molecule has 1 fully saturated rings. The number of hydrogen-bond acceptors (Lipinski definition) is 3. The van der Waals surface area contributed by atoms with Crippen molar-refractivity contribution in [3.63, 3.8) is 0 Å². The minimum Gasteiger partial charge on any atom is -0.468 e. The van der Waals surface area contributed by atoms with Gasteiger partial charge in [0.2, 0.25) is 0 Å². The number of hydrogen-bond donors (Lipinski definition) is 1. The number of benzene rings is 1. The number of carbonyl (C=O) groups excluding carboxylic acids is 1. The highest BCUT2D eigenvalue weighted by molar-refractivity contribution is 6.31. The van der Waals surface area contributed by atoms with E-state index in [1.165, 1.54) is 7.11 Å². The zero-order valence-corrected chi connectivity index (χ0v) is 9.83. The maximum absolute atomic E-state index is 11.4. The number of nitrogens with one attached hydrogen (secondary N) is 1. The fraction of sp³-hybridized carbons (Fsp3) is 0.417. The summed E-state index contributed by atoms with van der Waals surface area (Å²) in [5, 5.41) is 3.98. The summed E-state index contributed by atoms with van der Waals surface area (Å²) in [6.45, 7) is 0. The number of carbonyl (C=O) groups is 1. The normalized spacial score (nSPS) is 24.4. The summed E-state index contributed by atoms with van der Waals surface area (Å²) in [4.78, 5) is 11.4. The Labute approximate surface area is 99.7 Å². The molecule has 0 amide bonds. The van der Waals surface area contributed by atoms with Crippen molar-refractivity contribution in [3.05, 3.63) is 34.9 Å². The van der Waals surface area contributed by atoms with Gasteiger partial charge in [0.05, 0.1) is 7.11 Å². The largest absolute Gasteiger partial charge is 0.468 e. The van der Waals surface area contributed by atoms with Crippen LogP contribution in [-0.4, -0.2) is 19.1 Å². The van der Waals surface area contributed by atoms with E-state index in [4.69, 9.17) is 16.3 Å². The van der Waals surface area contributed by atoms with E-state index in [1.54, 1.807) is 0 Å². The van der Waals surface area contributed by atoms with Crippen molar-refractivity contribution in [1.29, 1.82) is 0 Å². The van der Waals surface area contributed by atoms with E-state index in [1.807, 2.05) is 24.3 Å². The first-order chi connectivity index (χ1) is 7.72.